The summed E-state index contributed by atoms with van der Waals surface area (Å²) in [5.74, 6) is -0.787. The van der Waals surface area contributed by atoms with Gasteiger partial charge >= 0.3 is 0 Å². The molecule has 3 atom stereocenters. The number of nitrogens with two attached hydrogens (primary N) is 2. The summed E-state index contributed by atoms with van der Waals surface area (Å²) in [5, 5.41) is 9.43. The van der Waals surface area contributed by atoms with Crippen LogP contribution >= 0.6 is 0 Å². The smallest absolute Gasteiger partial charge is 0.240 e. The first-order chi connectivity index (χ1) is 7.45. The maximum atomic E-state index is 11.8. The lowest BCUT2D eigenvalue weighted by atomic mass is 10.1. The number of nitrogens with zero attached hydrogens (tertiary/aromatic N) is 1. The fourth-order valence-corrected chi connectivity index (χ4v) is 1.85. The lowest BCUT2D eigenvalue weighted by molar-refractivity contribution is -0.137. The quantitative estimate of drug-likeness (QED) is 0.548. The van der Waals surface area contributed by atoms with Crippen molar-refractivity contribution >= 4 is 11.8 Å². The molecule has 2 amide bonds. The van der Waals surface area contributed by atoms with Gasteiger partial charge in [0, 0.05) is 25.4 Å². The number of aliphatic hydroxyl groups is 1. The number of hydrogen-bond acceptors (Lipinski definition) is 4. The van der Waals surface area contributed by atoms with Crippen LogP contribution in [0.1, 0.15) is 26.2 Å². The van der Waals surface area contributed by atoms with Crippen molar-refractivity contribution in [3.63, 3.8) is 0 Å². The van der Waals surface area contributed by atoms with E-state index in [0.717, 1.165) is 0 Å². The molecule has 92 valence electrons. The zero-order valence-corrected chi connectivity index (χ0v) is 9.43. The molecule has 3 unspecified atom stereocenters. The highest BCUT2D eigenvalue weighted by Crippen LogP contribution is 2.19. The number of rotatable bonds is 4. The van der Waals surface area contributed by atoms with Crippen molar-refractivity contribution in [2.45, 2.75) is 44.4 Å². The van der Waals surface area contributed by atoms with Gasteiger partial charge in [0.25, 0.3) is 0 Å². The molecule has 1 aliphatic rings. The Balaban J connectivity index is 2.63. The minimum absolute atomic E-state index is 0.170. The molecule has 0 spiro atoms. The molecule has 5 N–H and O–H groups in total. The number of carbonyl (C=O) groups is 2. The van der Waals surface area contributed by atoms with Crippen LogP contribution in [0.25, 0.3) is 0 Å². The van der Waals surface area contributed by atoms with Gasteiger partial charge in [0.05, 0.1) is 6.10 Å². The number of amides is 2. The zero-order chi connectivity index (χ0) is 12.3. The number of primary amides is 1. The Labute approximate surface area is 94.6 Å². The first-order valence-electron chi connectivity index (χ1n) is 5.48. The van der Waals surface area contributed by atoms with E-state index in [-0.39, 0.29) is 31.3 Å². The molecule has 6 nitrogen and oxygen atoms in total. The lowest BCUT2D eigenvalue weighted by Crippen LogP contribution is -2.45. The van der Waals surface area contributed by atoms with Gasteiger partial charge in [-0.25, -0.2) is 0 Å². The molecule has 0 radical (unpaired) electrons. The topological polar surface area (TPSA) is 110 Å². The van der Waals surface area contributed by atoms with Gasteiger partial charge < -0.3 is 21.5 Å². The Bertz CT molecular complexity index is 282. The van der Waals surface area contributed by atoms with E-state index in [4.69, 9.17) is 11.5 Å². The SMILES string of the molecule is CCC(N)CC(=O)N1CC(O)CC1C(N)=O. The van der Waals surface area contributed by atoms with Gasteiger partial charge in [0.1, 0.15) is 6.04 Å². The van der Waals surface area contributed by atoms with Crippen molar-refractivity contribution in [2.24, 2.45) is 11.5 Å². The molecule has 1 heterocycles. The van der Waals surface area contributed by atoms with Crippen LogP contribution in [0.15, 0.2) is 0 Å². The Morgan fingerprint density at radius 1 is 1.56 bits per heavy atom. The Kier molecular flexibility index (Phi) is 4.26. The molecular formula is C10H19N3O3. The summed E-state index contributed by atoms with van der Waals surface area (Å²) in [6.07, 6.45) is 0.443. The summed E-state index contributed by atoms with van der Waals surface area (Å²) < 4.78 is 0. The van der Waals surface area contributed by atoms with Crippen LogP contribution in [0, 0.1) is 0 Å². The van der Waals surface area contributed by atoms with Gasteiger partial charge in [-0.05, 0) is 6.42 Å². The number of likely N-dealkylation sites (tertiary alicyclic amines) is 1. The summed E-state index contributed by atoms with van der Waals surface area (Å²) in [5.41, 5.74) is 10.8. The minimum Gasteiger partial charge on any atom is -0.391 e. The van der Waals surface area contributed by atoms with E-state index in [1.54, 1.807) is 0 Å². The average Bonchev–Trinajstić information content (AvgIpc) is 2.60. The number of β-amino-alcohol motifs (C(OH)–C–C–N with tert-alkyl or cyclic N) is 1. The molecule has 1 saturated heterocycles. The molecule has 1 rings (SSSR count). The summed E-state index contributed by atoms with van der Waals surface area (Å²) in [7, 11) is 0. The monoisotopic (exact) mass is 229 g/mol. The van der Waals surface area contributed by atoms with Gasteiger partial charge in [0.15, 0.2) is 0 Å². The van der Waals surface area contributed by atoms with Crippen LogP contribution in [0.3, 0.4) is 0 Å². The van der Waals surface area contributed by atoms with Crippen molar-refractivity contribution in [3.8, 4) is 0 Å². The van der Waals surface area contributed by atoms with Crippen molar-refractivity contribution in [2.75, 3.05) is 6.54 Å². The molecule has 16 heavy (non-hydrogen) atoms. The maximum Gasteiger partial charge on any atom is 0.240 e. The fourth-order valence-electron chi connectivity index (χ4n) is 1.85. The minimum atomic E-state index is -0.688. The van der Waals surface area contributed by atoms with Crippen molar-refractivity contribution in [3.05, 3.63) is 0 Å². The van der Waals surface area contributed by atoms with Gasteiger partial charge in [0.2, 0.25) is 11.8 Å². The fraction of sp³-hybridized carbons (Fsp3) is 0.800. The summed E-state index contributed by atoms with van der Waals surface area (Å²) in [6, 6.07) is -0.898. The highest BCUT2D eigenvalue weighted by Gasteiger charge is 2.37. The third-order valence-electron chi connectivity index (χ3n) is 2.89. The highest BCUT2D eigenvalue weighted by atomic mass is 16.3. The number of hydrogen-bond donors (Lipinski definition) is 3. The second kappa shape index (κ2) is 5.27. The molecule has 0 aromatic heterocycles. The van der Waals surface area contributed by atoms with Gasteiger partial charge in [-0.15, -0.1) is 0 Å². The molecule has 0 aliphatic carbocycles. The van der Waals surface area contributed by atoms with E-state index in [2.05, 4.69) is 0 Å². The van der Waals surface area contributed by atoms with E-state index >= 15 is 0 Å². The first kappa shape index (κ1) is 12.9. The third-order valence-corrected chi connectivity index (χ3v) is 2.89. The molecule has 0 aromatic carbocycles. The predicted molar refractivity (Wildman–Crippen MR) is 58.2 cm³/mol. The van der Waals surface area contributed by atoms with Gasteiger partial charge in [-0.3, -0.25) is 9.59 Å². The number of aliphatic hydroxyl groups excluding tert-OH is 1. The van der Waals surface area contributed by atoms with Crippen molar-refractivity contribution in [1.29, 1.82) is 0 Å². The molecule has 0 bridgehead atoms. The molecule has 0 saturated carbocycles. The predicted octanol–water partition coefficient (Wildman–Crippen LogP) is -1.44. The molecule has 6 heteroatoms. The van der Waals surface area contributed by atoms with Crippen LogP contribution in [0.5, 0.6) is 0 Å². The van der Waals surface area contributed by atoms with Gasteiger partial charge in [-0.1, -0.05) is 6.92 Å². The molecule has 1 fully saturated rings. The third kappa shape index (κ3) is 2.93. The Morgan fingerprint density at radius 3 is 2.69 bits per heavy atom. The summed E-state index contributed by atoms with van der Waals surface area (Å²) in [4.78, 5) is 24.2. The number of carbonyl (C=O) groups excluding carboxylic acids is 2. The van der Waals surface area contributed by atoms with Crippen molar-refractivity contribution in [1.82, 2.24) is 4.90 Å². The summed E-state index contributed by atoms with van der Waals surface area (Å²) >= 11 is 0. The largest absolute Gasteiger partial charge is 0.391 e. The van der Waals surface area contributed by atoms with Crippen LogP contribution in [-0.2, 0) is 9.59 Å². The van der Waals surface area contributed by atoms with Crippen LogP contribution < -0.4 is 11.5 Å². The average molecular weight is 229 g/mol. The highest BCUT2D eigenvalue weighted by molar-refractivity contribution is 5.87. The van der Waals surface area contributed by atoms with E-state index in [1.807, 2.05) is 6.92 Å². The van der Waals surface area contributed by atoms with E-state index < -0.39 is 18.1 Å². The Morgan fingerprint density at radius 2 is 2.19 bits per heavy atom. The maximum absolute atomic E-state index is 11.8. The van der Waals surface area contributed by atoms with Gasteiger partial charge in [-0.2, -0.15) is 0 Å². The van der Waals surface area contributed by atoms with Crippen LogP contribution in [-0.4, -0.2) is 46.6 Å². The van der Waals surface area contributed by atoms with E-state index in [1.165, 1.54) is 4.90 Å². The lowest BCUT2D eigenvalue weighted by Gasteiger charge is -2.23. The van der Waals surface area contributed by atoms with E-state index in [0.29, 0.717) is 6.42 Å². The molecule has 1 aliphatic heterocycles. The van der Waals surface area contributed by atoms with Crippen molar-refractivity contribution < 1.29 is 14.7 Å². The first-order valence-corrected chi connectivity index (χ1v) is 5.48. The second-order valence-electron chi connectivity index (χ2n) is 4.23. The molecular weight excluding hydrogens is 210 g/mol. The zero-order valence-electron chi connectivity index (χ0n) is 9.43. The van der Waals surface area contributed by atoms with Crippen LogP contribution in [0.4, 0.5) is 0 Å². The second-order valence-corrected chi connectivity index (χ2v) is 4.23. The molecule has 0 aromatic rings. The Hall–Kier alpha value is -1.14. The standard InChI is InChI=1S/C10H19N3O3/c1-2-6(11)3-9(15)13-5-7(14)4-8(13)10(12)16/h6-8,14H,2-5,11H2,1H3,(H2,12,16). The van der Waals surface area contributed by atoms with E-state index in [9.17, 15) is 14.7 Å². The summed E-state index contributed by atoms with van der Waals surface area (Å²) in [6.45, 7) is 2.06. The normalized spacial score (nSPS) is 26.8. The van der Waals surface area contributed by atoms with Crippen LogP contribution in [0.2, 0.25) is 0 Å².